The highest BCUT2D eigenvalue weighted by Gasteiger charge is 2.41. The van der Waals surface area contributed by atoms with E-state index in [1.165, 1.54) is 19.3 Å². The first kappa shape index (κ1) is 17.1. The van der Waals surface area contributed by atoms with Crippen molar-refractivity contribution in [3.8, 4) is 0 Å². The Morgan fingerprint density at radius 2 is 1.80 bits per heavy atom. The fraction of sp³-hybridized carbons (Fsp3) is 0.684. The van der Waals surface area contributed by atoms with Crippen molar-refractivity contribution in [2.75, 3.05) is 31.1 Å². The summed E-state index contributed by atoms with van der Waals surface area (Å²) in [6.07, 6.45) is 7.37. The van der Waals surface area contributed by atoms with E-state index in [-0.39, 0.29) is 5.92 Å². The molecule has 6 heteroatoms. The Kier molecular flexibility index (Phi) is 4.87. The van der Waals surface area contributed by atoms with Crippen molar-refractivity contribution in [1.29, 1.82) is 0 Å². The average molecular weight is 363 g/mol. The van der Waals surface area contributed by atoms with Crippen LogP contribution in [0.4, 0.5) is 5.82 Å². The molecule has 1 amide bonds. The zero-order valence-electron chi connectivity index (χ0n) is 14.6. The Balaban J connectivity index is 1.34. The summed E-state index contributed by atoms with van der Waals surface area (Å²) in [4.78, 5) is 21.7. The van der Waals surface area contributed by atoms with Crippen LogP contribution in [0.15, 0.2) is 18.3 Å². The van der Waals surface area contributed by atoms with Gasteiger partial charge in [-0.2, -0.15) is 0 Å². The van der Waals surface area contributed by atoms with Crippen LogP contribution in [0.3, 0.4) is 0 Å². The number of pyridine rings is 1. The highest BCUT2D eigenvalue weighted by Crippen LogP contribution is 2.42. The molecular weight excluding hydrogens is 336 g/mol. The molecule has 1 aliphatic heterocycles. The number of amides is 1. The Morgan fingerprint density at radius 3 is 2.40 bits per heavy atom. The summed E-state index contributed by atoms with van der Waals surface area (Å²) in [5.74, 6) is 2.60. The van der Waals surface area contributed by atoms with Crippen LogP contribution in [-0.4, -0.2) is 48.0 Å². The van der Waals surface area contributed by atoms with E-state index in [4.69, 9.17) is 17.3 Å². The van der Waals surface area contributed by atoms with Gasteiger partial charge in [0.15, 0.2) is 0 Å². The van der Waals surface area contributed by atoms with E-state index in [2.05, 4.69) is 14.8 Å². The predicted molar refractivity (Wildman–Crippen MR) is 99.6 cm³/mol. The summed E-state index contributed by atoms with van der Waals surface area (Å²) in [5.41, 5.74) is 6.37. The molecule has 0 spiro atoms. The van der Waals surface area contributed by atoms with Gasteiger partial charge >= 0.3 is 0 Å². The molecule has 2 heterocycles. The number of hydrogen-bond acceptors (Lipinski definition) is 4. The third-order valence-electron chi connectivity index (χ3n) is 6.39. The second kappa shape index (κ2) is 7.12. The van der Waals surface area contributed by atoms with E-state index in [9.17, 15) is 4.79 Å². The number of piperazine rings is 1. The van der Waals surface area contributed by atoms with E-state index in [1.54, 1.807) is 6.20 Å². The number of hydrogen-bond donors (Lipinski definition) is 1. The zero-order chi connectivity index (χ0) is 17.4. The van der Waals surface area contributed by atoms with Crippen molar-refractivity contribution in [2.45, 2.75) is 38.1 Å². The number of nitrogens with zero attached hydrogens (tertiary/aromatic N) is 3. The quantitative estimate of drug-likeness (QED) is 0.878. The Hall–Kier alpha value is -1.33. The lowest BCUT2D eigenvalue weighted by Crippen LogP contribution is -2.53. The Morgan fingerprint density at radius 1 is 1.12 bits per heavy atom. The molecule has 1 saturated heterocycles. The fourth-order valence-electron chi connectivity index (χ4n) is 4.96. The maximum atomic E-state index is 13.0. The molecule has 2 N–H and O–H groups in total. The number of fused-ring (bicyclic) bond motifs is 2. The fourth-order valence-corrected chi connectivity index (χ4v) is 5.07. The molecule has 2 bridgehead atoms. The molecule has 136 valence electrons. The summed E-state index contributed by atoms with van der Waals surface area (Å²) < 4.78 is 0. The number of rotatable bonds is 2. The number of aromatic nitrogens is 1. The van der Waals surface area contributed by atoms with Crippen LogP contribution in [0.1, 0.15) is 32.1 Å². The van der Waals surface area contributed by atoms with Gasteiger partial charge in [-0.1, -0.05) is 18.0 Å². The standard InChI is InChI=1S/C19H27ClN4O/c20-16-4-5-17(22-12-16)23-6-8-24(9-7-23)19(25)15-10-13-2-1-3-14(11-15)18(13)21/h4-5,12-15,18H,1-3,6-11,21H2. The number of nitrogens with two attached hydrogens (primary N) is 1. The van der Waals surface area contributed by atoms with E-state index in [0.29, 0.717) is 28.8 Å². The summed E-state index contributed by atoms with van der Waals surface area (Å²) >= 11 is 5.91. The summed E-state index contributed by atoms with van der Waals surface area (Å²) in [6.45, 7) is 3.22. The molecule has 3 fully saturated rings. The molecular formula is C19H27ClN4O. The number of halogens is 1. The van der Waals surface area contributed by atoms with Gasteiger partial charge in [0.1, 0.15) is 5.82 Å². The minimum absolute atomic E-state index is 0.190. The van der Waals surface area contributed by atoms with Crippen LogP contribution in [-0.2, 0) is 4.79 Å². The molecule has 2 aliphatic carbocycles. The zero-order valence-corrected chi connectivity index (χ0v) is 15.4. The second-order valence-corrected chi connectivity index (χ2v) is 8.28. The van der Waals surface area contributed by atoms with Crippen LogP contribution in [0.2, 0.25) is 5.02 Å². The molecule has 3 aliphatic rings. The van der Waals surface area contributed by atoms with E-state index in [1.807, 2.05) is 12.1 Å². The second-order valence-electron chi connectivity index (χ2n) is 7.84. The van der Waals surface area contributed by atoms with Crippen LogP contribution in [0.25, 0.3) is 0 Å². The Labute approximate surface area is 154 Å². The van der Waals surface area contributed by atoms with E-state index < -0.39 is 0 Å². The third kappa shape index (κ3) is 3.49. The van der Waals surface area contributed by atoms with Crippen molar-refractivity contribution in [3.63, 3.8) is 0 Å². The average Bonchev–Trinajstić information content (AvgIpc) is 2.62. The van der Waals surface area contributed by atoms with Crippen LogP contribution in [0.5, 0.6) is 0 Å². The first-order chi connectivity index (χ1) is 12.1. The lowest BCUT2D eigenvalue weighted by atomic mass is 9.65. The van der Waals surface area contributed by atoms with Gasteiger partial charge in [-0.15, -0.1) is 0 Å². The number of anilines is 1. The molecule has 1 aromatic heterocycles. The van der Waals surface area contributed by atoms with Gasteiger partial charge in [0.05, 0.1) is 5.02 Å². The van der Waals surface area contributed by atoms with Crippen molar-refractivity contribution in [2.24, 2.45) is 23.5 Å². The highest BCUT2D eigenvalue weighted by atomic mass is 35.5. The molecule has 2 atom stereocenters. The number of carbonyl (C=O) groups is 1. The summed E-state index contributed by atoms with van der Waals surface area (Å²) in [6, 6.07) is 4.14. The largest absolute Gasteiger partial charge is 0.353 e. The maximum Gasteiger partial charge on any atom is 0.225 e. The number of carbonyl (C=O) groups excluding carboxylic acids is 1. The molecule has 0 radical (unpaired) electrons. The predicted octanol–water partition coefficient (Wildman–Crippen LogP) is 2.54. The molecule has 4 rings (SSSR count). The maximum absolute atomic E-state index is 13.0. The minimum atomic E-state index is 0.190. The van der Waals surface area contributed by atoms with Gasteiger partial charge in [-0.3, -0.25) is 4.79 Å². The topological polar surface area (TPSA) is 62.5 Å². The van der Waals surface area contributed by atoms with Crippen LogP contribution < -0.4 is 10.6 Å². The van der Waals surface area contributed by atoms with E-state index in [0.717, 1.165) is 44.8 Å². The van der Waals surface area contributed by atoms with Crippen molar-refractivity contribution in [1.82, 2.24) is 9.88 Å². The van der Waals surface area contributed by atoms with Crippen LogP contribution in [0, 0.1) is 17.8 Å². The first-order valence-electron chi connectivity index (χ1n) is 9.52. The van der Waals surface area contributed by atoms with Gasteiger partial charge in [0.2, 0.25) is 5.91 Å². The SMILES string of the molecule is NC1C2CCCC1CC(C(=O)N1CCN(c3ccc(Cl)cn3)CC1)C2. The molecule has 25 heavy (non-hydrogen) atoms. The van der Waals surface area contributed by atoms with Crippen molar-refractivity contribution >= 4 is 23.3 Å². The van der Waals surface area contributed by atoms with Gasteiger partial charge in [-0.25, -0.2) is 4.98 Å². The van der Waals surface area contributed by atoms with Gasteiger partial charge < -0.3 is 15.5 Å². The molecule has 2 unspecified atom stereocenters. The summed E-state index contributed by atoms with van der Waals surface area (Å²) in [5, 5.41) is 0.651. The normalized spacial score (nSPS) is 32.6. The van der Waals surface area contributed by atoms with Gasteiger partial charge in [0, 0.05) is 44.3 Å². The van der Waals surface area contributed by atoms with E-state index >= 15 is 0 Å². The summed E-state index contributed by atoms with van der Waals surface area (Å²) in [7, 11) is 0. The Bertz CT molecular complexity index is 600. The molecule has 0 aromatic carbocycles. The lowest BCUT2D eigenvalue weighted by molar-refractivity contribution is -0.138. The third-order valence-corrected chi connectivity index (χ3v) is 6.61. The van der Waals surface area contributed by atoms with Crippen molar-refractivity contribution in [3.05, 3.63) is 23.4 Å². The molecule has 5 nitrogen and oxygen atoms in total. The minimum Gasteiger partial charge on any atom is -0.353 e. The van der Waals surface area contributed by atoms with Gasteiger partial charge in [-0.05, 0) is 49.7 Å². The highest BCUT2D eigenvalue weighted by molar-refractivity contribution is 6.30. The smallest absolute Gasteiger partial charge is 0.225 e. The van der Waals surface area contributed by atoms with Crippen molar-refractivity contribution < 1.29 is 4.79 Å². The lowest BCUT2D eigenvalue weighted by Gasteiger charge is -2.45. The monoisotopic (exact) mass is 362 g/mol. The van der Waals surface area contributed by atoms with Crippen LogP contribution >= 0.6 is 11.6 Å². The van der Waals surface area contributed by atoms with Gasteiger partial charge in [0.25, 0.3) is 0 Å². The molecule has 1 aromatic rings. The molecule has 2 saturated carbocycles. The first-order valence-corrected chi connectivity index (χ1v) is 9.90.